The number of carbonyl (C=O) groups is 2. The maximum absolute atomic E-state index is 11.8. The third kappa shape index (κ3) is 2.68. The van der Waals surface area contributed by atoms with Gasteiger partial charge in [-0.2, -0.15) is 0 Å². The van der Waals surface area contributed by atoms with Crippen LogP contribution in [0.15, 0.2) is 0 Å². The zero-order valence-corrected chi connectivity index (χ0v) is 9.56. The van der Waals surface area contributed by atoms with Gasteiger partial charge in [-0.1, -0.05) is 0 Å². The van der Waals surface area contributed by atoms with Crippen LogP contribution >= 0.6 is 0 Å². The van der Waals surface area contributed by atoms with E-state index in [2.05, 4.69) is 5.32 Å². The van der Waals surface area contributed by atoms with Gasteiger partial charge in [-0.15, -0.1) is 0 Å². The van der Waals surface area contributed by atoms with Crippen molar-refractivity contribution in [3.05, 3.63) is 0 Å². The van der Waals surface area contributed by atoms with Crippen LogP contribution < -0.4 is 5.32 Å². The number of nitrogens with zero attached hydrogens (tertiary/aromatic N) is 2. The molecule has 1 fully saturated rings. The Labute approximate surface area is 90.4 Å². The molecular formula is C10H19N3O2. The molecular weight excluding hydrogens is 194 g/mol. The maximum atomic E-state index is 11.8. The van der Waals surface area contributed by atoms with Gasteiger partial charge < -0.3 is 15.1 Å². The van der Waals surface area contributed by atoms with E-state index in [1.165, 1.54) is 0 Å². The number of carbonyl (C=O) groups excluding carboxylic acids is 2. The Hall–Kier alpha value is -1.10. The summed E-state index contributed by atoms with van der Waals surface area (Å²) in [7, 11) is 3.57. The molecule has 1 aliphatic rings. The summed E-state index contributed by atoms with van der Waals surface area (Å²) in [4.78, 5) is 25.8. The molecule has 0 aromatic carbocycles. The second kappa shape index (κ2) is 5.11. The number of likely N-dealkylation sites (tertiary alicyclic amines) is 1. The molecule has 1 aliphatic heterocycles. The molecule has 86 valence electrons. The zero-order valence-electron chi connectivity index (χ0n) is 9.56. The molecule has 0 aromatic heterocycles. The van der Waals surface area contributed by atoms with Crippen LogP contribution in [0.4, 0.5) is 0 Å². The number of hydrogen-bond acceptors (Lipinski definition) is 3. The SMILES string of the molecule is CNC(C)C(=O)N(C)C1CCN(C=O)C1. The Balaban J connectivity index is 2.50. The van der Waals surface area contributed by atoms with Crippen LogP contribution in [0.25, 0.3) is 0 Å². The van der Waals surface area contributed by atoms with Crippen molar-refractivity contribution in [1.29, 1.82) is 0 Å². The van der Waals surface area contributed by atoms with E-state index in [-0.39, 0.29) is 18.0 Å². The number of rotatable bonds is 4. The molecule has 2 amide bonds. The van der Waals surface area contributed by atoms with Gasteiger partial charge in [-0.3, -0.25) is 9.59 Å². The predicted octanol–water partition coefficient (Wildman–Crippen LogP) is -0.717. The normalized spacial score (nSPS) is 22.6. The van der Waals surface area contributed by atoms with E-state index in [1.807, 2.05) is 6.92 Å². The van der Waals surface area contributed by atoms with E-state index >= 15 is 0 Å². The molecule has 0 saturated carbocycles. The Morgan fingerprint density at radius 3 is 2.80 bits per heavy atom. The largest absolute Gasteiger partial charge is 0.343 e. The van der Waals surface area contributed by atoms with Gasteiger partial charge in [0.2, 0.25) is 12.3 Å². The maximum Gasteiger partial charge on any atom is 0.239 e. The first-order chi connectivity index (χ1) is 7.10. The lowest BCUT2D eigenvalue weighted by molar-refractivity contribution is -0.133. The fourth-order valence-corrected chi connectivity index (χ4v) is 1.79. The fraction of sp³-hybridized carbons (Fsp3) is 0.800. The molecule has 0 spiro atoms. The van der Waals surface area contributed by atoms with Crippen molar-refractivity contribution in [3.8, 4) is 0 Å². The van der Waals surface area contributed by atoms with Crippen LogP contribution in [0.3, 0.4) is 0 Å². The van der Waals surface area contributed by atoms with E-state index in [4.69, 9.17) is 0 Å². The summed E-state index contributed by atoms with van der Waals surface area (Å²) in [6.45, 7) is 3.24. The van der Waals surface area contributed by atoms with E-state index in [1.54, 1.807) is 23.9 Å². The first-order valence-electron chi connectivity index (χ1n) is 5.23. The van der Waals surface area contributed by atoms with Crippen LogP contribution in [0.2, 0.25) is 0 Å². The summed E-state index contributed by atoms with van der Waals surface area (Å²) in [6.07, 6.45) is 1.72. The molecule has 2 unspecified atom stereocenters. The Morgan fingerprint density at radius 1 is 1.67 bits per heavy atom. The molecule has 2 atom stereocenters. The van der Waals surface area contributed by atoms with Gasteiger partial charge in [-0.05, 0) is 20.4 Å². The lowest BCUT2D eigenvalue weighted by Gasteiger charge is -2.26. The molecule has 0 aromatic rings. The standard InChI is InChI=1S/C10H19N3O2/c1-8(11-2)10(15)12(3)9-4-5-13(6-9)7-14/h7-9,11H,4-6H2,1-3H3. The first kappa shape index (κ1) is 12.0. The lowest BCUT2D eigenvalue weighted by atomic mass is 10.2. The molecule has 0 aliphatic carbocycles. The van der Waals surface area contributed by atoms with Gasteiger partial charge in [-0.25, -0.2) is 0 Å². The molecule has 5 heteroatoms. The molecule has 5 nitrogen and oxygen atoms in total. The highest BCUT2D eigenvalue weighted by atomic mass is 16.2. The molecule has 1 rings (SSSR count). The van der Waals surface area contributed by atoms with E-state index < -0.39 is 0 Å². The Kier molecular flexibility index (Phi) is 4.08. The van der Waals surface area contributed by atoms with Gasteiger partial charge in [0.05, 0.1) is 12.1 Å². The van der Waals surface area contributed by atoms with Crippen molar-refractivity contribution >= 4 is 12.3 Å². The summed E-state index contributed by atoms with van der Waals surface area (Å²) >= 11 is 0. The minimum atomic E-state index is -0.166. The van der Waals surface area contributed by atoms with Crippen molar-refractivity contribution in [2.24, 2.45) is 0 Å². The summed E-state index contributed by atoms with van der Waals surface area (Å²) in [5, 5.41) is 2.92. The van der Waals surface area contributed by atoms with Gasteiger partial charge in [0.15, 0.2) is 0 Å². The second-order valence-corrected chi connectivity index (χ2v) is 4.00. The molecule has 15 heavy (non-hydrogen) atoms. The monoisotopic (exact) mass is 213 g/mol. The minimum absolute atomic E-state index is 0.0789. The Bertz CT molecular complexity index is 245. The van der Waals surface area contributed by atoms with Gasteiger partial charge in [0.1, 0.15) is 0 Å². The molecule has 0 radical (unpaired) electrons. The average Bonchev–Trinajstić information content (AvgIpc) is 2.74. The molecule has 1 heterocycles. The Morgan fingerprint density at radius 2 is 2.33 bits per heavy atom. The quantitative estimate of drug-likeness (QED) is 0.627. The summed E-state index contributed by atoms with van der Waals surface area (Å²) in [5.41, 5.74) is 0. The average molecular weight is 213 g/mol. The smallest absolute Gasteiger partial charge is 0.239 e. The van der Waals surface area contributed by atoms with Crippen LogP contribution in [-0.4, -0.2) is 61.4 Å². The van der Waals surface area contributed by atoms with E-state index in [0.717, 1.165) is 19.4 Å². The lowest BCUT2D eigenvalue weighted by Crippen LogP contribution is -2.47. The van der Waals surface area contributed by atoms with Crippen molar-refractivity contribution in [2.45, 2.75) is 25.4 Å². The second-order valence-electron chi connectivity index (χ2n) is 4.00. The van der Waals surface area contributed by atoms with Crippen LogP contribution in [-0.2, 0) is 9.59 Å². The van der Waals surface area contributed by atoms with E-state index in [9.17, 15) is 9.59 Å². The molecule has 0 bridgehead atoms. The minimum Gasteiger partial charge on any atom is -0.343 e. The van der Waals surface area contributed by atoms with Crippen molar-refractivity contribution < 1.29 is 9.59 Å². The number of hydrogen-bond donors (Lipinski definition) is 1. The number of likely N-dealkylation sites (N-methyl/N-ethyl adjacent to an activating group) is 2. The highest BCUT2D eigenvalue weighted by Crippen LogP contribution is 2.13. The molecule has 1 N–H and O–H groups in total. The highest BCUT2D eigenvalue weighted by Gasteiger charge is 2.29. The summed E-state index contributed by atoms with van der Waals surface area (Å²) < 4.78 is 0. The number of nitrogens with one attached hydrogen (secondary N) is 1. The van der Waals surface area contributed by atoms with Crippen LogP contribution in [0.5, 0.6) is 0 Å². The van der Waals surface area contributed by atoms with Crippen LogP contribution in [0, 0.1) is 0 Å². The highest BCUT2D eigenvalue weighted by molar-refractivity contribution is 5.81. The predicted molar refractivity (Wildman–Crippen MR) is 57.3 cm³/mol. The molecule has 1 saturated heterocycles. The fourth-order valence-electron chi connectivity index (χ4n) is 1.79. The third-order valence-electron chi connectivity index (χ3n) is 3.04. The summed E-state index contributed by atoms with van der Waals surface area (Å²) in [6, 6.07) is -0.00113. The van der Waals surface area contributed by atoms with Crippen molar-refractivity contribution in [3.63, 3.8) is 0 Å². The van der Waals surface area contributed by atoms with Gasteiger partial charge in [0.25, 0.3) is 0 Å². The van der Waals surface area contributed by atoms with E-state index in [0.29, 0.717) is 6.54 Å². The number of amides is 2. The van der Waals surface area contributed by atoms with Gasteiger partial charge >= 0.3 is 0 Å². The third-order valence-corrected chi connectivity index (χ3v) is 3.04. The first-order valence-corrected chi connectivity index (χ1v) is 5.23. The van der Waals surface area contributed by atoms with Crippen LogP contribution in [0.1, 0.15) is 13.3 Å². The van der Waals surface area contributed by atoms with Crippen molar-refractivity contribution in [2.75, 3.05) is 27.2 Å². The zero-order chi connectivity index (χ0) is 11.4. The summed E-state index contributed by atoms with van der Waals surface area (Å²) in [5.74, 6) is 0.0789. The topological polar surface area (TPSA) is 52.7 Å². The van der Waals surface area contributed by atoms with Crippen molar-refractivity contribution in [1.82, 2.24) is 15.1 Å². The van der Waals surface area contributed by atoms with Gasteiger partial charge in [0, 0.05) is 20.1 Å².